The number of hydrogen-bond acceptors (Lipinski definition) is 4. The normalized spacial score (nSPS) is 10.3. The molecule has 0 bridgehead atoms. The van der Waals surface area contributed by atoms with Gasteiger partial charge in [0.2, 0.25) is 5.88 Å². The minimum Gasteiger partial charge on any atom is -0.438 e. The van der Waals surface area contributed by atoms with Gasteiger partial charge in [0.05, 0.1) is 15.5 Å². The van der Waals surface area contributed by atoms with Crippen LogP contribution in [0.5, 0.6) is 11.6 Å². The molecule has 1 heterocycles. The minimum atomic E-state index is -0.510. The van der Waals surface area contributed by atoms with E-state index in [1.807, 2.05) is 0 Å². The molecule has 0 aliphatic heterocycles. The van der Waals surface area contributed by atoms with E-state index in [0.29, 0.717) is 15.8 Å². The Balaban J connectivity index is 2.33. The SMILES string of the molecule is Cc1cnc(Oc2ccc(F)cc2Br)cc1[N+](=O)[O-]. The summed E-state index contributed by atoms with van der Waals surface area (Å²) in [6, 6.07) is 5.10. The van der Waals surface area contributed by atoms with Gasteiger partial charge in [0.25, 0.3) is 5.69 Å². The zero-order valence-corrected chi connectivity index (χ0v) is 11.3. The third kappa shape index (κ3) is 3.05. The molecular formula is C12H8BrFN2O3. The molecule has 1 aromatic heterocycles. The molecule has 2 rings (SSSR count). The fourth-order valence-corrected chi connectivity index (χ4v) is 1.85. The quantitative estimate of drug-likeness (QED) is 0.631. The molecule has 0 saturated carbocycles. The van der Waals surface area contributed by atoms with E-state index in [2.05, 4.69) is 20.9 Å². The minimum absolute atomic E-state index is 0.0737. The zero-order valence-electron chi connectivity index (χ0n) is 9.76. The number of halogens is 2. The Hall–Kier alpha value is -2.02. The van der Waals surface area contributed by atoms with Gasteiger partial charge in [-0.2, -0.15) is 0 Å². The molecule has 0 aliphatic rings. The molecular weight excluding hydrogens is 319 g/mol. The fourth-order valence-electron chi connectivity index (χ4n) is 1.42. The molecule has 98 valence electrons. The van der Waals surface area contributed by atoms with Crippen LogP contribution in [0.25, 0.3) is 0 Å². The molecule has 5 nitrogen and oxygen atoms in total. The van der Waals surface area contributed by atoms with Crippen molar-refractivity contribution in [2.24, 2.45) is 0 Å². The molecule has 7 heteroatoms. The van der Waals surface area contributed by atoms with Crippen LogP contribution in [-0.2, 0) is 0 Å². The molecule has 1 aromatic carbocycles. The van der Waals surface area contributed by atoms with Crippen molar-refractivity contribution in [3.05, 3.63) is 56.4 Å². The first-order valence-corrected chi connectivity index (χ1v) is 6.00. The van der Waals surface area contributed by atoms with Gasteiger partial charge in [0.15, 0.2) is 0 Å². The number of benzene rings is 1. The molecule has 0 unspecified atom stereocenters. The molecule has 0 amide bonds. The van der Waals surface area contributed by atoms with Gasteiger partial charge in [0, 0.05) is 11.8 Å². The van der Waals surface area contributed by atoms with Crippen molar-refractivity contribution in [2.75, 3.05) is 0 Å². The molecule has 0 saturated heterocycles. The average molecular weight is 327 g/mol. The lowest BCUT2D eigenvalue weighted by atomic mass is 10.2. The molecule has 0 aliphatic carbocycles. The Kier molecular flexibility index (Phi) is 3.75. The van der Waals surface area contributed by atoms with Gasteiger partial charge >= 0.3 is 0 Å². The predicted molar refractivity (Wildman–Crippen MR) is 69.8 cm³/mol. The topological polar surface area (TPSA) is 65.3 Å². The Bertz CT molecular complexity index is 649. The molecule has 19 heavy (non-hydrogen) atoms. The van der Waals surface area contributed by atoms with Crippen LogP contribution in [-0.4, -0.2) is 9.91 Å². The number of pyridine rings is 1. The number of nitrogens with zero attached hydrogens (tertiary/aromatic N) is 2. The van der Waals surface area contributed by atoms with Gasteiger partial charge < -0.3 is 4.74 Å². The summed E-state index contributed by atoms with van der Waals surface area (Å²) in [5.74, 6) is -0.0151. The van der Waals surface area contributed by atoms with Gasteiger partial charge in [-0.3, -0.25) is 10.1 Å². The van der Waals surface area contributed by atoms with Crippen molar-refractivity contribution in [3.8, 4) is 11.6 Å². The number of aromatic nitrogens is 1. The van der Waals surface area contributed by atoms with Gasteiger partial charge in [0.1, 0.15) is 11.6 Å². The highest BCUT2D eigenvalue weighted by molar-refractivity contribution is 9.10. The molecule has 0 fully saturated rings. The van der Waals surface area contributed by atoms with Crippen molar-refractivity contribution in [1.82, 2.24) is 4.98 Å². The smallest absolute Gasteiger partial charge is 0.279 e. The van der Waals surface area contributed by atoms with Crippen molar-refractivity contribution in [3.63, 3.8) is 0 Å². The average Bonchev–Trinajstić information content (AvgIpc) is 2.34. The molecule has 2 aromatic rings. The summed E-state index contributed by atoms with van der Waals surface area (Å²) >= 11 is 3.14. The molecule has 0 spiro atoms. The second kappa shape index (κ2) is 5.31. The number of nitro groups is 1. The summed E-state index contributed by atoms with van der Waals surface area (Å²) in [6.07, 6.45) is 1.35. The highest BCUT2D eigenvalue weighted by atomic mass is 79.9. The molecule has 0 radical (unpaired) electrons. The number of rotatable bonds is 3. The van der Waals surface area contributed by atoms with Crippen LogP contribution in [0.4, 0.5) is 10.1 Å². The largest absolute Gasteiger partial charge is 0.438 e. The van der Waals surface area contributed by atoms with E-state index in [4.69, 9.17) is 4.74 Å². The highest BCUT2D eigenvalue weighted by Gasteiger charge is 2.14. The maximum atomic E-state index is 12.9. The first-order chi connectivity index (χ1) is 8.97. The van der Waals surface area contributed by atoms with Gasteiger partial charge in [-0.1, -0.05) is 0 Å². The van der Waals surface area contributed by atoms with Crippen molar-refractivity contribution >= 4 is 21.6 Å². The predicted octanol–water partition coefficient (Wildman–Crippen LogP) is 3.99. The number of aryl methyl sites for hydroxylation is 1. The lowest BCUT2D eigenvalue weighted by Gasteiger charge is -2.07. The van der Waals surface area contributed by atoms with Crippen LogP contribution in [0.15, 0.2) is 34.9 Å². The van der Waals surface area contributed by atoms with Gasteiger partial charge in [-0.25, -0.2) is 9.37 Å². The second-order valence-corrected chi connectivity index (χ2v) is 4.60. The molecule has 0 atom stereocenters. The summed E-state index contributed by atoms with van der Waals surface area (Å²) in [7, 11) is 0. The maximum Gasteiger partial charge on any atom is 0.279 e. The standard InChI is InChI=1S/C12H8BrFN2O3/c1-7-6-15-12(5-10(7)16(17)18)19-11-3-2-8(14)4-9(11)13/h2-6H,1H3. The van der Waals surface area contributed by atoms with E-state index in [1.165, 1.54) is 30.5 Å². The van der Waals surface area contributed by atoms with E-state index in [0.717, 1.165) is 0 Å². The summed E-state index contributed by atoms with van der Waals surface area (Å²) in [5, 5.41) is 10.8. The third-order valence-corrected chi connectivity index (χ3v) is 2.97. The van der Waals surface area contributed by atoms with E-state index in [9.17, 15) is 14.5 Å². The second-order valence-electron chi connectivity index (χ2n) is 3.74. The van der Waals surface area contributed by atoms with Crippen LogP contribution in [0.3, 0.4) is 0 Å². The van der Waals surface area contributed by atoms with Crippen LogP contribution >= 0.6 is 15.9 Å². The number of hydrogen-bond donors (Lipinski definition) is 0. The lowest BCUT2D eigenvalue weighted by molar-refractivity contribution is -0.385. The highest BCUT2D eigenvalue weighted by Crippen LogP contribution is 2.31. The Morgan fingerprint density at radius 2 is 2.16 bits per heavy atom. The first kappa shape index (κ1) is 13.4. The van der Waals surface area contributed by atoms with E-state index >= 15 is 0 Å². The third-order valence-electron chi connectivity index (χ3n) is 2.35. The lowest BCUT2D eigenvalue weighted by Crippen LogP contribution is -1.95. The van der Waals surface area contributed by atoms with Gasteiger partial charge in [-0.05, 0) is 41.1 Å². The zero-order chi connectivity index (χ0) is 14.0. The van der Waals surface area contributed by atoms with Crippen LogP contribution in [0.2, 0.25) is 0 Å². The summed E-state index contributed by atoms with van der Waals surface area (Å²) < 4.78 is 18.7. The monoisotopic (exact) mass is 326 g/mol. The van der Waals surface area contributed by atoms with E-state index in [1.54, 1.807) is 6.92 Å². The first-order valence-electron chi connectivity index (χ1n) is 5.21. The van der Waals surface area contributed by atoms with Crippen LogP contribution < -0.4 is 4.74 Å². The van der Waals surface area contributed by atoms with Crippen molar-refractivity contribution in [2.45, 2.75) is 6.92 Å². The number of ether oxygens (including phenoxy) is 1. The van der Waals surface area contributed by atoms with Crippen molar-refractivity contribution in [1.29, 1.82) is 0 Å². The summed E-state index contributed by atoms with van der Waals surface area (Å²) in [4.78, 5) is 14.2. The Morgan fingerprint density at radius 1 is 1.42 bits per heavy atom. The molecule has 0 N–H and O–H groups in total. The van der Waals surface area contributed by atoms with Crippen LogP contribution in [0, 0.1) is 22.9 Å². The Morgan fingerprint density at radius 3 is 2.79 bits per heavy atom. The van der Waals surface area contributed by atoms with Gasteiger partial charge in [-0.15, -0.1) is 0 Å². The maximum absolute atomic E-state index is 12.9. The Labute approximate surface area is 116 Å². The fraction of sp³-hybridized carbons (Fsp3) is 0.0833. The summed E-state index contributed by atoms with van der Waals surface area (Å²) in [6.45, 7) is 1.59. The van der Waals surface area contributed by atoms with E-state index < -0.39 is 10.7 Å². The van der Waals surface area contributed by atoms with Crippen molar-refractivity contribution < 1.29 is 14.1 Å². The summed E-state index contributed by atoms with van der Waals surface area (Å²) in [5.41, 5.74) is 0.360. The van der Waals surface area contributed by atoms with E-state index in [-0.39, 0.29) is 11.6 Å². The van der Waals surface area contributed by atoms with Crippen LogP contribution in [0.1, 0.15) is 5.56 Å².